The highest BCUT2D eigenvalue weighted by Gasteiger charge is 2.53. The topological polar surface area (TPSA) is 51.2 Å². The lowest BCUT2D eigenvalue weighted by Crippen LogP contribution is -2.51. The quantitative estimate of drug-likeness (QED) is 0.794. The number of benzene rings is 1. The van der Waals surface area contributed by atoms with E-state index < -0.39 is 5.60 Å². The van der Waals surface area contributed by atoms with Crippen molar-refractivity contribution in [3.8, 4) is 11.5 Å². The summed E-state index contributed by atoms with van der Waals surface area (Å²) in [6, 6.07) is 4.46. The Hall–Kier alpha value is -1.95. The summed E-state index contributed by atoms with van der Waals surface area (Å²) in [5.41, 5.74) is 1.97. The SMILES string of the molecule is COc1cc2c(cc1OC)[C@@H]1C[C@]3(CCN1CC2)CN(C(C)(C)C)C(=O)O3. The normalized spacial score (nSPS) is 28.0. The minimum atomic E-state index is -0.396. The van der Waals surface area contributed by atoms with E-state index in [0.717, 1.165) is 43.9 Å². The van der Waals surface area contributed by atoms with Crippen LogP contribution in [-0.2, 0) is 11.2 Å². The number of rotatable bonds is 2. The highest BCUT2D eigenvalue weighted by Crippen LogP contribution is 2.47. The molecule has 0 radical (unpaired) electrons. The van der Waals surface area contributed by atoms with Gasteiger partial charge in [0.15, 0.2) is 11.5 Å². The van der Waals surface area contributed by atoms with Crippen molar-refractivity contribution in [3.63, 3.8) is 0 Å². The number of hydrogen-bond acceptors (Lipinski definition) is 5. The molecule has 0 bridgehead atoms. The third kappa shape index (κ3) is 3.04. The number of carbonyl (C=O) groups excluding carboxylic acids is 1. The molecule has 3 aliphatic heterocycles. The van der Waals surface area contributed by atoms with Gasteiger partial charge >= 0.3 is 6.09 Å². The molecule has 2 fully saturated rings. The zero-order chi connectivity index (χ0) is 19.4. The van der Waals surface area contributed by atoms with Gasteiger partial charge in [0.2, 0.25) is 0 Å². The van der Waals surface area contributed by atoms with Gasteiger partial charge in [0.25, 0.3) is 0 Å². The van der Waals surface area contributed by atoms with E-state index in [1.807, 2.05) is 4.90 Å². The fraction of sp³-hybridized carbons (Fsp3) is 0.667. The maximum absolute atomic E-state index is 12.5. The van der Waals surface area contributed by atoms with Crippen LogP contribution >= 0.6 is 0 Å². The molecule has 3 heterocycles. The first kappa shape index (κ1) is 18.4. The lowest BCUT2D eigenvalue weighted by molar-refractivity contribution is -0.0304. The van der Waals surface area contributed by atoms with E-state index in [1.165, 1.54) is 11.1 Å². The molecule has 6 nitrogen and oxygen atoms in total. The van der Waals surface area contributed by atoms with Crippen LogP contribution in [-0.4, -0.2) is 60.9 Å². The predicted molar refractivity (Wildman–Crippen MR) is 102 cm³/mol. The highest BCUT2D eigenvalue weighted by atomic mass is 16.6. The number of fused-ring (bicyclic) bond motifs is 3. The van der Waals surface area contributed by atoms with Crippen molar-refractivity contribution in [3.05, 3.63) is 23.3 Å². The first-order chi connectivity index (χ1) is 12.8. The van der Waals surface area contributed by atoms with Crippen LogP contribution in [0.5, 0.6) is 11.5 Å². The van der Waals surface area contributed by atoms with Gasteiger partial charge in [-0.2, -0.15) is 0 Å². The van der Waals surface area contributed by atoms with E-state index >= 15 is 0 Å². The third-order valence-electron chi connectivity index (χ3n) is 6.31. The Kier molecular flexibility index (Phi) is 4.29. The molecule has 0 aliphatic carbocycles. The Morgan fingerprint density at radius 1 is 1.15 bits per heavy atom. The summed E-state index contributed by atoms with van der Waals surface area (Å²) in [4.78, 5) is 16.9. The second-order valence-corrected chi connectivity index (χ2v) is 8.97. The molecular weight excluding hydrogens is 344 g/mol. The summed E-state index contributed by atoms with van der Waals surface area (Å²) in [7, 11) is 3.35. The summed E-state index contributed by atoms with van der Waals surface area (Å²) in [6.07, 6.45) is 2.55. The molecule has 4 rings (SSSR count). The van der Waals surface area contributed by atoms with Crippen LogP contribution < -0.4 is 9.47 Å². The monoisotopic (exact) mass is 374 g/mol. The van der Waals surface area contributed by atoms with Crippen LogP contribution in [0.1, 0.15) is 50.8 Å². The molecule has 0 N–H and O–H groups in total. The molecule has 1 spiro atoms. The molecule has 0 aromatic heterocycles. The van der Waals surface area contributed by atoms with Gasteiger partial charge in [0, 0.05) is 37.5 Å². The maximum atomic E-state index is 12.5. The summed E-state index contributed by atoms with van der Waals surface area (Å²) >= 11 is 0. The molecule has 2 saturated heterocycles. The van der Waals surface area contributed by atoms with Gasteiger partial charge in [0.1, 0.15) is 5.60 Å². The van der Waals surface area contributed by atoms with Crippen LogP contribution in [0.4, 0.5) is 4.79 Å². The van der Waals surface area contributed by atoms with Gasteiger partial charge in [-0.25, -0.2) is 4.79 Å². The van der Waals surface area contributed by atoms with Crippen molar-refractivity contribution in [2.24, 2.45) is 0 Å². The molecule has 27 heavy (non-hydrogen) atoms. The number of hydrogen-bond donors (Lipinski definition) is 0. The molecular formula is C21H30N2O4. The predicted octanol–water partition coefficient (Wildman–Crippen LogP) is 3.39. The van der Waals surface area contributed by atoms with Gasteiger partial charge in [-0.15, -0.1) is 0 Å². The van der Waals surface area contributed by atoms with Crippen LogP contribution in [0.2, 0.25) is 0 Å². The lowest BCUT2D eigenvalue weighted by atomic mass is 9.79. The summed E-state index contributed by atoms with van der Waals surface area (Å²) < 4.78 is 17.0. The molecule has 1 aromatic rings. The third-order valence-corrected chi connectivity index (χ3v) is 6.31. The Morgan fingerprint density at radius 3 is 2.48 bits per heavy atom. The number of amides is 1. The number of nitrogens with zero attached hydrogens (tertiary/aromatic N) is 2. The molecule has 6 heteroatoms. The smallest absolute Gasteiger partial charge is 0.410 e. The molecule has 2 atom stereocenters. The van der Waals surface area contributed by atoms with E-state index in [0.29, 0.717) is 6.54 Å². The molecule has 0 unspecified atom stereocenters. The second kappa shape index (κ2) is 6.30. The number of piperidine rings is 1. The minimum absolute atomic E-state index is 0.181. The maximum Gasteiger partial charge on any atom is 0.410 e. The van der Waals surface area contributed by atoms with E-state index in [4.69, 9.17) is 14.2 Å². The van der Waals surface area contributed by atoms with Crippen molar-refractivity contribution >= 4 is 6.09 Å². The van der Waals surface area contributed by atoms with Crippen LogP contribution in [0.3, 0.4) is 0 Å². The van der Waals surface area contributed by atoms with Crippen LogP contribution in [0, 0.1) is 0 Å². The fourth-order valence-corrected chi connectivity index (χ4v) is 4.76. The van der Waals surface area contributed by atoms with Crippen molar-refractivity contribution < 1.29 is 19.0 Å². The largest absolute Gasteiger partial charge is 0.493 e. The fourth-order valence-electron chi connectivity index (χ4n) is 4.76. The first-order valence-corrected chi connectivity index (χ1v) is 9.76. The van der Waals surface area contributed by atoms with E-state index in [2.05, 4.69) is 37.8 Å². The van der Waals surface area contributed by atoms with Crippen molar-refractivity contribution in [1.82, 2.24) is 9.80 Å². The van der Waals surface area contributed by atoms with Crippen molar-refractivity contribution in [2.45, 2.75) is 57.2 Å². The molecule has 3 aliphatic rings. The lowest BCUT2D eigenvalue weighted by Gasteiger charge is -2.47. The Balaban J connectivity index is 1.66. The Bertz CT molecular complexity index is 757. The Labute approximate surface area is 161 Å². The number of ether oxygens (including phenoxy) is 3. The second-order valence-electron chi connectivity index (χ2n) is 8.97. The van der Waals surface area contributed by atoms with Crippen molar-refractivity contribution in [1.29, 1.82) is 0 Å². The summed E-state index contributed by atoms with van der Waals surface area (Å²) in [5.74, 6) is 1.54. The first-order valence-electron chi connectivity index (χ1n) is 9.76. The Morgan fingerprint density at radius 2 is 1.85 bits per heavy atom. The zero-order valence-electron chi connectivity index (χ0n) is 17.0. The zero-order valence-corrected chi connectivity index (χ0v) is 17.0. The highest BCUT2D eigenvalue weighted by molar-refractivity contribution is 5.71. The van der Waals surface area contributed by atoms with E-state index in [1.54, 1.807) is 14.2 Å². The molecule has 148 valence electrons. The average molecular weight is 374 g/mol. The average Bonchev–Trinajstić information content (AvgIpc) is 2.96. The van der Waals surface area contributed by atoms with Crippen molar-refractivity contribution in [2.75, 3.05) is 33.9 Å². The molecule has 0 saturated carbocycles. The molecule has 1 amide bonds. The van der Waals surface area contributed by atoms with Gasteiger partial charge in [-0.3, -0.25) is 9.80 Å². The number of methoxy groups -OCH3 is 2. The van der Waals surface area contributed by atoms with Crippen LogP contribution in [0.25, 0.3) is 0 Å². The van der Waals surface area contributed by atoms with E-state index in [-0.39, 0.29) is 17.7 Å². The van der Waals surface area contributed by atoms with E-state index in [9.17, 15) is 4.79 Å². The van der Waals surface area contributed by atoms with Gasteiger partial charge in [0.05, 0.1) is 20.8 Å². The summed E-state index contributed by atoms with van der Waals surface area (Å²) in [6.45, 7) is 8.84. The van der Waals surface area contributed by atoms with Crippen LogP contribution in [0.15, 0.2) is 12.1 Å². The summed E-state index contributed by atoms with van der Waals surface area (Å²) in [5, 5.41) is 0. The van der Waals surface area contributed by atoms with Gasteiger partial charge in [-0.1, -0.05) is 0 Å². The minimum Gasteiger partial charge on any atom is -0.493 e. The standard InChI is InChI=1S/C21H30N2O4/c1-20(2,3)23-13-21(27-19(23)24)7-9-22-8-6-14-10-17(25-4)18(26-5)11-15(14)16(22)12-21/h10-11,16H,6-9,12-13H2,1-5H3/t16-,21+/m0/s1. The molecule has 1 aromatic carbocycles. The van der Waals surface area contributed by atoms with Gasteiger partial charge in [-0.05, 0) is 50.5 Å². The number of carbonyl (C=O) groups is 1. The van der Waals surface area contributed by atoms with Gasteiger partial charge < -0.3 is 14.2 Å².